The van der Waals surface area contributed by atoms with Crippen molar-refractivity contribution in [3.8, 4) is 5.75 Å². The molecule has 100 valence electrons. The minimum atomic E-state index is -0.387. The number of carbonyl (C=O) groups is 1. The molecule has 0 aliphatic heterocycles. The summed E-state index contributed by atoms with van der Waals surface area (Å²) in [4.78, 5) is 11.2. The van der Waals surface area contributed by atoms with Gasteiger partial charge >= 0.3 is 0 Å². The number of ether oxygens (including phenoxy) is 3. The molecule has 0 aromatic heterocycles. The van der Waals surface area contributed by atoms with E-state index in [-0.39, 0.29) is 18.8 Å². The largest absolute Gasteiger partial charge is 0.484 e. The van der Waals surface area contributed by atoms with E-state index in [4.69, 9.17) is 14.2 Å². The fraction of sp³-hybridized carbons (Fsp3) is 0.462. The van der Waals surface area contributed by atoms with Gasteiger partial charge in [0.25, 0.3) is 5.91 Å². The summed E-state index contributed by atoms with van der Waals surface area (Å²) >= 11 is 0. The van der Waals surface area contributed by atoms with Crippen molar-refractivity contribution in [2.24, 2.45) is 0 Å². The van der Waals surface area contributed by atoms with Crippen LogP contribution >= 0.6 is 0 Å². The van der Waals surface area contributed by atoms with Crippen LogP contribution in [0.3, 0.4) is 0 Å². The predicted molar refractivity (Wildman–Crippen MR) is 67.4 cm³/mol. The van der Waals surface area contributed by atoms with Gasteiger partial charge in [0.05, 0.1) is 0 Å². The van der Waals surface area contributed by atoms with Gasteiger partial charge in [-0.25, -0.2) is 0 Å². The van der Waals surface area contributed by atoms with E-state index in [1.165, 1.54) is 0 Å². The Morgan fingerprint density at radius 3 is 2.33 bits per heavy atom. The Hall–Kier alpha value is -1.59. The Morgan fingerprint density at radius 2 is 1.83 bits per heavy atom. The molecule has 0 saturated carbocycles. The van der Waals surface area contributed by atoms with Crippen molar-refractivity contribution in [2.75, 3.05) is 27.4 Å². The number of benzene rings is 1. The first-order valence-electron chi connectivity index (χ1n) is 5.76. The van der Waals surface area contributed by atoms with Gasteiger partial charge in [0, 0.05) is 26.3 Å². The standard InChI is InChI=1S/C13H19NO4/c1-4-14-12(15)9-18-11-7-5-10(6-8-11)13(16-2)17-3/h5-8,13H,4,9H2,1-3H3,(H,14,15). The van der Waals surface area contributed by atoms with Gasteiger partial charge in [-0.3, -0.25) is 4.79 Å². The molecule has 0 bridgehead atoms. The second-order valence-electron chi connectivity index (χ2n) is 3.61. The van der Waals surface area contributed by atoms with Crippen LogP contribution in [0.1, 0.15) is 18.8 Å². The molecule has 18 heavy (non-hydrogen) atoms. The van der Waals surface area contributed by atoms with Crippen LogP contribution in [0.15, 0.2) is 24.3 Å². The Bertz CT molecular complexity index is 360. The van der Waals surface area contributed by atoms with Gasteiger partial charge in [-0.2, -0.15) is 0 Å². The number of amides is 1. The molecular weight excluding hydrogens is 234 g/mol. The van der Waals surface area contributed by atoms with Gasteiger partial charge in [0.1, 0.15) is 5.75 Å². The Morgan fingerprint density at radius 1 is 1.22 bits per heavy atom. The summed E-state index contributed by atoms with van der Waals surface area (Å²) in [6.07, 6.45) is -0.387. The van der Waals surface area contributed by atoms with E-state index in [0.717, 1.165) is 5.56 Å². The van der Waals surface area contributed by atoms with Crippen LogP contribution in [0.4, 0.5) is 0 Å². The molecule has 1 N–H and O–H groups in total. The third-order valence-electron chi connectivity index (χ3n) is 2.32. The van der Waals surface area contributed by atoms with E-state index in [2.05, 4.69) is 5.32 Å². The lowest BCUT2D eigenvalue weighted by Gasteiger charge is -2.14. The topological polar surface area (TPSA) is 56.8 Å². The average molecular weight is 253 g/mol. The molecule has 1 aromatic rings. The number of methoxy groups -OCH3 is 2. The maximum atomic E-state index is 11.2. The zero-order valence-electron chi connectivity index (χ0n) is 10.9. The Labute approximate surface area is 107 Å². The first kappa shape index (κ1) is 14.5. The Kier molecular flexibility index (Phi) is 6.18. The highest BCUT2D eigenvalue weighted by molar-refractivity contribution is 5.77. The van der Waals surface area contributed by atoms with Crippen molar-refractivity contribution >= 4 is 5.91 Å². The van der Waals surface area contributed by atoms with E-state index in [0.29, 0.717) is 12.3 Å². The molecule has 0 aliphatic rings. The summed E-state index contributed by atoms with van der Waals surface area (Å²) in [5, 5.41) is 2.66. The maximum Gasteiger partial charge on any atom is 0.257 e. The lowest BCUT2D eigenvalue weighted by Crippen LogP contribution is -2.28. The van der Waals surface area contributed by atoms with Crippen LogP contribution in [0.25, 0.3) is 0 Å². The summed E-state index contributed by atoms with van der Waals surface area (Å²) in [5.74, 6) is 0.504. The minimum absolute atomic E-state index is 0.0190. The van der Waals surface area contributed by atoms with Crippen molar-refractivity contribution < 1.29 is 19.0 Å². The molecule has 1 aromatic carbocycles. The van der Waals surface area contributed by atoms with Crippen LogP contribution in [-0.4, -0.2) is 33.3 Å². The molecule has 5 heteroatoms. The highest BCUT2D eigenvalue weighted by atomic mass is 16.7. The quantitative estimate of drug-likeness (QED) is 0.748. The summed E-state index contributed by atoms with van der Waals surface area (Å²) in [6.45, 7) is 2.48. The third kappa shape index (κ3) is 4.35. The summed E-state index contributed by atoms with van der Waals surface area (Å²) in [7, 11) is 3.15. The van der Waals surface area contributed by atoms with Crippen LogP contribution in [-0.2, 0) is 14.3 Å². The molecule has 0 unspecified atom stereocenters. The zero-order chi connectivity index (χ0) is 13.4. The summed E-state index contributed by atoms with van der Waals surface area (Å²) < 4.78 is 15.6. The number of hydrogen-bond donors (Lipinski definition) is 1. The van der Waals surface area contributed by atoms with E-state index in [1.807, 2.05) is 19.1 Å². The number of likely N-dealkylation sites (N-methyl/N-ethyl adjacent to an activating group) is 1. The molecule has 0 aliphatic carbocycles. The van der Waals surface area contributed by atoms with Gasteiger partial charge in [0.15, 0.2) is 12.9 Å². The summed E-state index contributed by atoms with van der Waals surface area (Å²) in [6, 6.07) is 7.23. The van der Waals surface area contributed by atoms with Crippen LogP contribution in [0.5, 0.6) is 5.75 Å². The SMILES string of the molecule is CCNC(=O)COc1ccc(C(OC)OC)cc1. The monoisotopic (exact) mass is 253 g/mol. The van der Waals surface area contributed by atoms with Crippen molar-refractivity contribution in [3.63, 3.8) is 0 Å². The van der Waals surface area contributed by atoms with Crippen LogP contribution < -0.4 is 10.1 Å². The molecule has 5 nitrogen and oxygen atoms in total. The molecule has 0 fully saturated rings. The second kappa shape index (κ2) is 7.68. The van der Waals surface area contributed by atoms with E-state index >= 15 is 0 Å². The first-order valence-corrected chi connectivity index (χ1v) is 5.76. The van der Waals surface area contributed by atoms with Crippen molar-refractivity contribution in [2.45, 2.75) is 13.2 Å². The van der Waals surface area contributed by atoms with Gasteiger partial charge in [0.2, 0.25) is 0 Å². The smallest absolute Gasteiger partial charge is 0.257 e. The van der Waals surface area contributed by atoms with Crippen molar-refractivity contribution in [1.29, 1.82) is 0 Å². The third-order valence-corrected chi connectivity index (χ3v) is 2.32. The molecule has 0 atom stereocenters. The fourth-order valence-corrected chi connectivity index (χ4v) is 1.49. The molecule has 0 radical (unpaired) electrons. The van der Waals surface area contributed by atoms with Gasteiger partial charge in [-0.1, -0.05) is 12.1 Å². The van der Waals surface area contributed by atoms with Gasteiger partial charge in [-0.15, -0.1) is 0 Å². The van der Waals surface area contributed by atoms with E-state index < -0.39 is 0 Å². The van der Waals surface area contributed by atoms with Crippen molar-refractivity contribution in [1.82, 2.24) is 5.32 Å². The lowest BCUT2D eigenvalue weighted by molar-refractivity contribution is -0.123. The normalized spacial score (nSPS) is 10.4. The van der Waals surface area contributed by atoms with Crippen molar-refractivity contribution in [3.05, 3.63) is 29.8 Å². The molecular formula is C13H19NO4. The molecule has 0 spiro atoms. The van der Waals surface area contributed by atoms with Crippen LogP contribution in [0, 0.1) is 0 Å². The maximum absolute atomic E-state index is 11.2. The highest BCUT2D eigenvalue weighted by Crippen LogP contribution is 2.20. The number of nitrogens with one attached hydrogen (secondary N) is 1. The molecule has 0 heterocycles. The number of carbonyl (C=O) groups excluding carboxylic acids is 1. The highest BCUT2D eigenvalue weighted by Gasteiger charge is 2.08. The fourth-order valence-electron chi connectivity index (χ4n) is 1.49. The first-order chi connectivity index (χ1) is 8.71. The number of rotatable bonds is 7. The Balaban J connectivity index is 2.52. The summed E-state index contributed by atoms with van der Waals surface area (Å²) in [5.41, 5.74) is 0.894. The second-order valence-corrected chi connectivity index (χ2v) is 3.61. The zero-order valence-corrected chi connectivity index (χ0v) is 10.9. The molecule has 0 saturated heterocycles. The van der Waals surface area contributed by atoms with Crippen LogP contribution in [0.2, 0.25) is 0 Å². The van der Waals surface area contributed by atoms with Gasteiger partial charge in [-0.05, 0) is 19.1 Å². The minimum Gasteiger partial charge on any atom is -0.484 e. The van der Waals surface area contributed by atoms with E-state index in [9.17, 15) is 4.79 Å². The van der Waals surface area contributed by atoms with Gasteiger partial charge < -0.3 is 19.5 Å². The predicted octanol–water partition coefficient (Wildman–Crippen LogP) is 1.49. The molecule has 1 amide bonds. The van der Waals surface area contributed by atoms with E-state index in [1.54, 1.807) is 26.4 Å². The lowest BCUT2D eigenvalue weighted by atomic mass is 10.2. The number of hydrogen-bond acceptors (Lipinski definition) is 4. The average Bonchev–Trinajstić information content (AvgIpc) is 2.39. The molecule has 1 rings (SSSR count).